The third kappa shape index (κ3) is 29.8. The molecule has 9 heteroatoms. The van der Waals surface area contributed by atoms with Crippen molar-refractivity contribution in [2.75, 3.05) is 0 Å². The standard InChI is InChI=1S/C60H106ClOPSi6/c1-7-13-19-25-31-37-47-64-55-45-43-53(57(66-49-39-33-27-21-15-9-3)59(55)68-51-41-35-29-23-17-11-5)63(61,62)54-44-46-56(65-48-38-32-26-20-14-8-2)60(69-52-42-36-30-24-18-12-6)58(54)67-50-40-34-28-22-16-10-4/h43-46H,7-42,47-52H2,1-6H3. The SMILES string of the molecule is CCCCCCCC[Si]c1ccc(P(=O)(Cl)c2ccc([Si]CCCCCCCC)c([Si]CCCCCCCC)c2[Si]CCCCCCCC)c([Si]CCCCCCCC)c1[Si]CCCCCCCC. The third-order valence-corrected chi connectivity index (χ3v) is 27.2. The van der Waals surface area contributed by atoms with Gasteiger partial charge in [0.1, 0.15) is 0 Å². The van der Waals surface area contributed by atoms with Gasteiger partial charge in [0, 0.05) is 10.6 Å². The molecule has 2 aromatic rings. The minimum atomic E-state index is -3.42. The molecule has 0 aromatic heterocycles. The monoisotopic (exact) mass is 1080 g/mol. The summed E-state index contributed by atoms with van der Waals surface area (Å²) in [6, 6.07) is 17.2. The molecule has 2 rings (SSSR count). The van der Waals surface area contributed by atoms with E-state index in [1.807, 2.05) is 0 Å². The number of halogens is 1. The molecule has 388 valence electrons. The first-order valence-corrected chi connectivity index (χ1v) is 39.8. The van der Waals surface area contributed by atoms with Gasteiger partial charge in [-0.2, -0.15) is 0 Å². The number of benzene rings is 2. The van der Waals surface area contributed by atoms with Gasteiger partial charge in [-0.15, -0.1) is 0 Å². The molecule has 0 spiro atoms. The molecule has 12 radical (unpaired) electrons. The van der Waals surface area contributed by atoms with Crippen molar-refractivity contribution in [3.63, 3.8) is 0 Å². The van der Waals surface area contributed by atoms with Gasteiger partial charge in [0.15, 0.2) is 0 Å². The zero-order valence-electron chi connectivity index (χ0n) is 46.2. The summed E-state index contributed by atoms with van der Waals surface area (Å²) in [5, 5.41) is 11.4. The Morgan fingerprint density at radius 1 is 0.290 bits per heavy atom. The molecule has 1 nitrogen and oxygen atoms in total. The molecule has 0 fully saturated rings. The predicted molar refractivity (Wildman–Crippen MR) is 327 cm³/mol. The summed E-state index contributed by atoms with van der Waals surface area (Å²) in [6.45, 7) is 10.5. The molecule has 0 atom stereocenters. The second-order valence-electron chi connectivity index (χ2n) is 20.5. The highest BCUT2D eigenvalue weighted by Gasteiger charge is 2.33. The van der Waals surface area contributed by atoms with E-state index < -0.39 is 6.49 Å². The minimum absolute atomic E-state index is 0.697. The van der Waals surface area contributed by atoms with Crippen molar-refractivity contribution in [2.45, 2.75) is 309 Å². The Morgan fingerprint density at radius 2 is 0.493 bits per heavy atom. The van der Waals surface area contributed by atoms with Crippen molar-refractivity contribution in [1.82, 2.24) is 0 Å². The van der Waals surface area contributed by atoms with Crippen LogP contribution in [0.15, 0.2) is 24.3 Å². The molecule has 0 heterocycles. The number of hydrogen-bond acceptors (Lipinski definition) is 1. The first-order chi connectivity index (χ1) is 33.9. The lowest BCUT2D eigenvalue weighted by atomic mass is 10.1. The maximum absolute atomic E-state index is 16.3. The molecular weight excluding hydrogens is 972 g/mol. The van der Waals surface area contributed by atoms with Gasteiger partial charge < -0.3 is 0 Å². The van der Waals surface area contributed by atoms with E-state index in [4.69, 9.17) is 11.2 Å². The van der Waals surface area contributed by atoms with E-state index in [0.29, 0.717) is 19.0 Å². The minimum Gasteiger partial charge on any atom is -0.296 e. The highest BCUT2D eigenvalue weighted by molar-refractivity contribution is 8.01. The largest absolute Gasteiger partial charge is 0.296 e. The zero-order valence-corrected chi connectivity index (χ0v) is 53.9. The average Bonchev–Trinajstić information content (AvgIpc) is 3.35. The lowest BCUT2D eigenvalue weighted by molar-refractivity contribution is 0.595. The Balaban J connectivity index is 2.72. The Kier molecular flexibility index (Phi) is 43.2. The van der Waals surface area contributed by atoms with Crippen LogP contribution in [0.1, 0.15) is 273 Å². The molecule has 0 bridgehead atoms. The molecule has 0 saturated heterocycles. The molecule has 0 amide bonds. The van der Waals surface area contributed by atoms with Crippen molar-refractivity contribution < 1.29 is 4.57 Å². The van der Waals surface area contributed by atoms with E-state index in [1.54, 1.807) is 20.7 Å². The van der Waals surface area contributed by atoms with Crippen molar-refractivity contribution in [3.8, 4) is 0 Å². The fourth-order valence-corrected chi connectivity index (χ4v) is 23.8. The van der Waals surface area contributed by atoms with Gasteiger partial charge in [-0.1, -0.05) is 364 Å². The van der Waals surface area contributed by atoms with Crippen molar-refractivity contribution >= 4 is 117 Å². The maximum atomic E-state index is 16.3. The van der Waals surface area contributed by atoms with E-state index >= 15 is 4.57 Å². The van der Waals surface area contributed by atoms with Crippen LogP contribution in [0.25, 0.3) is 0 Å². The fraction of sp³-hybridized carbons (Fsp3) is 0.800. The van der Waals surface area contributed by atoms with E-state index in [9.17, 15) is 0 Å². The van der Waals surface area contributed by atoms with Crippen molar-refractivity contribution in [1.29, 1.82) is 0 Å². The maximum Gasteiger partial charge on any atom is 0.225 e. The van der Waals surface area contributed by atoms with Gasteiger partial charge in [-0.25, -0.2) is 0 Å². The second-order valence-corrected chi connectivity index (χ2v) is 32.1. The zero-order chi connectivity index (χ0) is 49.9. The Hall–Kier alpha value is 0.261. The molecule has 0 N–H and O–H groups in total. The van der Waals surface area contributed by atoms with Crippen LogP contribution in [0.3, 0.4) is 0 Å². The number of rotatable bonds is 50. The number of hydrogen-bond donors (Lipinski definition) is 0. The van der Waals surface area contributed by atoms with Gasteiger partial charge in [0.25, 0.3) is 0 Å². The quantitative estimate of drug-likeness (QED) is 0.0367. The summed E-state index contributed by atoms with van der Waals surface area (Å²) in [5.74, 6) is 0. The molecule has 0 unspecified atom stereocenters. The van der Waals surface area contributed by atoms with Crippen LogP contribution in [0.4, 0.5) is 0 Å². The highest BCUT2D eigenvalue weighted by atomic mass is 35.7. The average molecular weight is 1080 g/mol. The smallest absolute Gasteiger partial charge is 0.225 e. The normalized spacial score (nSPS) is 11.9. The summed E-state index contributed by atoms with van der Waals surface area (Å²) in [5.41, 5.74) is 0. The Labute approximate surface area is 451 Å². The van der Waals surface area contributed by atoms with Gasteiger partial charge in [0.05, 0.1) is 57.1 Å². The Morgan fingerprint density at radius 3 is 0.739 bits per heavy atom. The Bertz CT molecular complexity index is 1450. The van der Waals surface area contributed by atoms with Crippen LogP contribution in [0.2, 0.25) is 36.3 Å². The molecule has 0 aliphatic heterocycles. The molecule has 2 aromatic carbocycles. The van der Waals surface area contributed by atoms with E-state index in [0.717, 1.165) is 48.7 Å². The predicted octanol–water partition coefficient (Wildman–Crippen LogP) is 15.8. The first kappa shape index (κ1) is 65.4. The second kappa shape index (κ2) is 45.6. The van der Waals surface area contributed by atoms with Gasteiger partial charge in [0.2, 0.25) is 6.49 Å². The lowest BCUT2D eigenvalue weighted by Crippen LogP contribution is -2.57. The summed E-state index contributed by atoms with van der Waals surface area (Å²) >= 11 is 8.05. The fourth-order valence-electron chi connectivity index (χ4n) is 9.54. The molecule has 0 saturated carbocycles. The summed E-state index contributed by atoms with van der Waals surface area (Å²) in [4.78, 5) is 0. The highest BCUT2D eigenvalue weighted by Crippen LogP contribution is 2.47. The van der Waals surface area contributed by atoms with E-state index in [-0.39, 0.29) is 0 Å². The molecule has 69 heavy (non-hydrogen) atoms. The summed E-state index contributed by atoms with van der Waals surface area (Å²) in [6.07, 6.45) is 48.4. The van der Waals surface area contributed by atoms with Crippen LogP contribution in [0.5, 0.6) is 0 Å². The van der Waals surface area contributed by atoms with Crippen LogP contribution in [0, 0.1) is 0 Å². The van der Waals surface area contributed by atoms with Crippen LogP contribution in [-0.4, -0.2) is 57.1 Å². The van der Waals surface area contributed by atoms with Crippen molar-refractivity contribution in [2.24, 2.45) is 0 Å². The van der Waals surface area contributed by atoms with Gasteiger partial charge in [-0.05, 0) is 11.2 Å². The van der Waals surface area contributed by atoms with Crippen molar-refractivity contribution in [3.05, 3.63) is 24.3 Å². The van der Waals surface area contributed by atoms with Crippen LogP contribution < -0.4 is 41.7 Å². The third-order valence-electron chi connectivity index (χ3n) is 14.0. The molecular formula is C60H106ClOPSi6. The summed E-state index contributed by atoms with van der Waals surface area (Å²) in [7, 11) is 4.69. The van der Waals surface area contributed by atoms with E-state index in [2.05, 4.69) is 65.8 Å². The molecule has 0 aliphatic rings. The lowest BCUT2D eigenvalue weighted by Gasteiger charge is -2.25. The number of unbranched alkanes of at least 4 members (excludes halogenated alkanes) is 30. The van der Waals surface area contributed by atoms with Crippen LogP contribution in [-0.2, 0) is 4.57 Å². The first-order valence-electron chi connectivity index (χ1n) is 30.0. The van der Waals surface area contributed by atoms with Crippen LogP contribution >= 0.6 is 17.7 Å². The molecule has 0 aliphatic carbocycles. The van der Waals surface area contributed by atoms with E-state index in [1.165, 1.54) is 278 Å². The topological polar surface area (TPSA) is 17.1 Å². The van der Waals surface area contributed by atoms with Gasteiger partial charge >= 0.3 is 0 Å². The summed E-state index contributed by atoms with van der Waals surface area (Å²) < 4.78 is 16.3. The van der Waals surface area contributed by atoms with Gasteiger partial charge in [-0.3, -0.25) is 4.57 Å².